The Bertz CT molecular complexity index is 116. The van der Waals surface area contributed by atoms with Gasteiger partial charge in [0, 0.05) is 22.4 Å². The first kappa shape index (κ1) is 7.23. The van der Waals surface area contributed by atoms with Crippen molar-refractivity contribution in [3.05, 3.63) is 12.4 Å². The molecule has 0 bridgehead atoms. The SMILES string of the molecule is Sn1ccnn1.[Ag]. The van der Waals surface area contributed by atoms with Crippen LogP contribution in [0.15, 0.2) is 12.4 Å². The van der Waals surface area contributed by atoms with Crippen molar-refractivity contribution in [2.45, 2.75) is 0 Å². The van der Waals surface area contributed by atoms with Gasteiger partial charge in [0.2, 0.25) is 0 Å². The topological polar surface area (TPSA) is 30.7 Å². The average molecular weight is 209 g/mol. The van der Waals surface area contributed by atoms with Gasteiger partial charge in [-0.15, -0.1) is 5.10 Å². The summed E-state index contributed by atoms with van der Waals surface area (Å²) in [5.41, 5.74) is 0. The first-order valence-electron chi connectivity index (χ1n) is 1.45. The Morgan fingerprint density at radius 2 is 2.29 bits per heavy atom. The predicted octanol–water partition coefficient (Wildman–Crippen LogP) is -0.0315. The van der Waals surface area contributed by atoms with Crippen LogP contribution in [0.1, 0.15) is 0 Å². The van der Waals surface area contributed by atoms with Crippen LogP contribution in [0.4, 0.5) is 0 Å². The van der Waals surface area contributed by atoms with E-state index in [0.717, 1.165) is 0 Å². The summed E-state index contributed by atoms with van der Waals surface area (Å²) in [6.07, 6.45) is 3.20. The van der Waals surface area contributed by atoms with Crippen LogP contribution in [0, 0.1) is 0 Å². The summed E-state index contributed by atoms with van der Waals surface area (Å²) < 4.78 is 1.33. The minimum Gasteiger partial charge on any atom is -0.197 e. The maximum atomic E-state index is 3.78. The number of nitrogens with zero attached hydrogens (tertiary/aromatic N) is 3. The van der Waals surface area contributed by atoms with Crippen LogP contribution in [0.3, 0.4) is 0 Å². The quantitative estimate of drug-likeness (QED) is 0.480. The van der Waals surface area contributed by atoms with Crippen molar-refractivity contribution in [3.8, 4) is 0 Å². The largest absolute Gasteiger partial charge is 0.197 e. The summed E-state index contributed by atoms with van der Waals surface area (Å²) in [6.45, 7) is 0. The molecule has 1 aromatic rings. The van der Waals surface area contributed by atoms with E-state index in [1.54, 1.807) is 12.4 Å². The van der Waals surface area contributed by atoms with Gasteiger partial charge >= 0.3 is 0 Å². The fourth-order valence-electron chi connectivity index (χ4n) is 0.202. The molecular weight excluding hydrogens is 206 g/mol. The Hall–Kier alpha value is 0.230. The molecule has 0 saturated carbocycles. The standard InChI is InChI=1S/C2H3N3S.Ag/c6-5-2-1-3-4-5;/h1-2,6H;. The van der Waals surface area contributed by atoms with Crippen LogP contribution in [0.5, 0.6) is 0 Å². The molecule has 1 heterocycles. The van der Waals surface area contributed by atoms with E-state index in [4.69, 9.17) is 0 Å². The van der Waals surface area contributed by atoms with E-state index in [1.165, 1.54) is 4.09 Å². The molecule has 0 aromatic carbocycles. The number of hydrogen-bond donors (Lipinski definition) is 1. The van der Waals surface area contributed by atoms with Crippen LogP contribution < -0.4 is 0 Å². The molecule has 43 valence electrons. The first-order chi connectivity index (χ1) is 2.89. The van der Waals surface area contributed by atoms with Gasteiger partial charge in [0.1, 0.15) is 0 Å². The van der Waals surface area contributed by atoms with E-state index >= 15 is 0 Å². The zero-order chi connectivity index (χ0) is 4.41. The van der Waals surface area contributed by atoms with Gasteiger partial charge in [-0.1, -0.05) is 5.21 Å². The van der Waals surface area contributed by atoms with Crippen molar-refractivity contribution >= 4 is 12.8 Å². The second kappa shape index (κ2) is 3.26. The molecule has 0 aliphatic rings. The van der Waals surface area contributed by atoms with Crippen molar-refractivity contribution in [3.63, 3.8) is 0 Å². The predicted molar refractivity (Wildman–Crippen MR) is 24.4 cm³/mol. The van der Waals surface area contributed by atoms with Crippen LogP contribution in [0.25, 0.3) is 0 Å². The second-order valence-corrected chi connectivity index (χ2v) is 1.23. The number of aromatic nitrogens is 3. The third kappa shape index (κ3) is 2.13. The molecular formula is C2H3AgN3S. The van der Waals surface area contributed by atoms with E-state index in [-0.39, 0.29) is 22.4 Å². The maximum absolute atomic E-state index is 3.78. The van der Waals surface area contributed by atoms with Crippen molar-refractivity contribution in [2.75, 3.05) is 0 Å². The van der Waals surface area contributed by atoms with E-state index in [2.05, 4.69) is 23.1 Å². The zero-order valence-electron chi connectivity index (χ0n) is 3.25. The monoisotopic (exact) mass is 208 g/mol. The van der Waals surface area contributed by atoms with Gasteiger partial charge in [-0.05, 0) is 12.8 Å². The minimum atomic E-state index is 0. The molecule has 1 radical (unpaired) electrons. The van der Waals surface area contributed by atoms with Gasteiger partial charge < -0.3 is 0 Å². The Kier molecular flexibility index (Phi) is 3.37. The summed E-state index contributed by atoms with van der Waals surface area (Å²) in [4.78, 5) is 0. The summed E-state index contributed by atoms with van der Waals surface area (Å²) in [6, 6.07) is 0. The van der Waals surface area contributed by atoms with E-state index in [9.17, 15) is 0 Å². The molecule has 1 aromatic heterocycles. The molecule has 7 heavy (non-hydrogen) atoms. The maximum Gasteiger partial charge on any atom is 0.0704 e. The third-order valence-electron chi connectivity index (χ3n) is 0.410. The molecule has 0 amide bonds. The smallest absolute Gasteiger partial charge is 0.0704 e. The van der Waals surface area contributed by atoms with Gasteiger partial charge in [-0.3, -0.25) is 0 Å². The Morgan fingerprint density at radius 3 is 2.43 bits per heavy atom. The summed E-state index contributed by atoms with van der Waals surface area (Å²) in [5.74, 6) is 0. The number of rotatable bonds is 0. The molecule has 0 aliphatic carbocycles. The molecule has 0 unspecified atom stereocenters. The Labute approximate surface area is 62.2 Å². The zero-order valence-corrected chi connectivity index (χ0v) is 5.62. The molecule has 5 heteroatoms. The Morgan fingerprint density at radius 1 is 1.57 bits per heavy atom. The summed E-state index contributed by atoms with van der Waals surface area (Å²) in [7, 11) is 0. The minimum absolute atomic E-state index is 0. The molecule has 0 spiro atoms. The normalized spacial score (nSPS) is 7.57. The van der Waals surface area contributed by atoms with Crippen LogP contribution in [-0.4, -0.2) is 14.4 Å². The molecule has 1 rings (SSSR count). The van der Waals surface area contributed by atoms with Crippen molar-refractivity contribution in [1.82, 2.24) is 14.4 Å². The third-order valence-corrected chi connectivity index (χ3v) is 0.623. The second-order valence-electron chi connectivity index (χ2n) is 0.823. The molecule has 0 N–H and O–H groups in total. The van der Waals surface area contributed by atoms with Gasteiger partial charge in [-0.2, -0.15) is 4.09 Å². The van der Waals surface area contributed by atoms with Crippen molar-refractivity contribution in [1.29, 1.82) is 0 Å². The first-order valence-corrected chi connectivity index (χ1v) is 1.85. The van der Waals surface area contributed by atoms with Gasteiger partial charge in [0.15, 0.2) is 0 Å². The average Bonchev–Trinajstić information content (AvgIpc) is 1.86. The van der Waals surface area contributed by atoms with Crippen molar-refractivity contribution in [2.24, 2.45) is 0 Å². The van der Waals surface area contributed by atoms with E-state index in [1.807, 2.05) is 0 Å². The van der Waals surface area contributed by atoms with Crippen molar-refractivity contribution < 1.29 is 22.4 Å². The van der Waals surface area contributed by atoms with Gasteiger partial charge in [0.25, 0.3) is 0 Å². The van der Waals surface area contributed by atoms with Gasteiger partial charge in [-0.25, -0.2) is 0 Å². The van der Waals surface area contributed by atoms with E-state index < -0.39 is 0 Å². The molecule has 0 atom stereocenters. The van der Waals surface area contributed by atoms with E-state index in [0.29, 0.717) is 0 Å². The van der Waals surface area contributed by atoms with Crippen LogP contribution in [-0.2, 0) is 22.4 Å². The number of thiol groups is 1. The van der Waals surface area contributed by atoms with Crippen LogP contribution >= 0.6 is 12.8 Å². The summed E-state index contributed by atoms with van der Waals surface area (Å²) >= 11 is 3.78. The fraction of sp³-hybridized carbons (Fsp3) is 0. The Balaban J connectivity index is 0.000000360. The number of hydrogen-bond acceptors (Lipinski definition) is 3. The fourth-order valence-corrected chi connectivity index (χ4v) is 0.308. The molecule has 0 fully saturated rings. The summed E-state index contributed by atoms with van der Waals surface area (Å²) in [5, 5.41) is 6.91. The van der Waals surface area contributed by atoms with Gasteiger partial charge in [0.05, 0.1) is 12.4 Å². The molecule has 3 nitrogen and oxygen atoms in total. The molecule has 0 saturated heterocycles. The van der Waals surface area contributed by atoms with Crippen LogP contribution in [0.2, 0.25) is 0 Å². The molecule has 0 aliphatic heterocycles.